The van der Waals surface area contributed by atoms with Gasteiger partial charge in [-0.15, -0.1) is 11.3 Å². The molecule has 140 valence electrons. The zero-order valence-electron chi connectivity index (χ0n) is 13.8. The fraction of sp³-hybridized carbons (Fsp3) is 0.167. The van der Waals surface area contributed by atoms with Gasteiger partial charge in [0.1, 0.15) is 10.5 Å². The van der Waals surface area contributed by atoms with Crippen LogP contribution in [0.5, 0.6) is 0 Å². The van der Waals surface area contributed by atoms with Gasteiger partial charge in [0.05, 0.1) is 17.7 Å². The maximum atomic E-state index is 13.9. The number of aromatic nitrogens is 1. The summed E-state index contributed by atoms with van der Waals surface area (Å²) in [5.74, 6) is -3.48. The van der Waals surface area contributed by atoms with E-state index in [9.17, 15) is 18.4 Å². The molecule has 9 heteroatoms. The first-order valence-corrected chi connectivity index (χ1v) is 9.47. The van der Waals surface area contributed by atoms with Crippen molar-refractivity contribution in [1.82, 2.24) is 4.98 Å². The van der Waals surface area contributed by atoms with Crippen LogP contribution < -0.4 is 4.90 Å². The van der Waals surface area contributed by atoms with Gasteiger partial charge in [-0.3, -0.25) is 9.59 Å². The van der Waals surface area contributed by atoms with E-state index in [-0.39, 0.29) is 24.9 Å². The quantitative estimate of drug-likeness (QED) is 0.583. The summed E-state index contributed by atoms with van der Waals surface area (Å²) in [6.45, 7) is 0.0283. The number of thiazole rings is 1. The molecule has 1 amide bonds. The van der Waals surface area contributed by atoms with Crippen LogP contribution in [0.25, 0.3) is 10.2 Å². The minimum atomic E-state index is -1.07. The second kappa shape index (κ2) is 8.10. The van der Waals surface area contributed by atoms with Crippen LogP contribution in [0, 0.1) is 11.6 Å². The number of carbonyl (C=O) groups is 2. The van der Waals surface area contributed by atoms with E-state index >= 15 is 0 Å². The number of amides is 1. The zero-order valence-corrected chi connectivity index (χ0v) is 16.2. The summed E-state index contributed by atoms with van der Waals surface area (Å²) in [5.41, 5.74) is 0.475. The lowest BCUT2D eigenvalue weighted by molar-refractivity contribution is -0.138. The Balaban J connectivity index is 1.93. The lowest BCUT2D eigenvalue weighted by atomic mass is 10.2. The van der Waals surface area contributed by atoms with Gasteiger partial charge >= 0.3 is 5.97 Å². The second-order valence-electron chi connectivity index (χ2n) is 5.67. The average molecular weight is 455 g/mol. The molecule has 0 spiro atoms. The van der Waals surface area contributed by atoms with Crippen molar-refractivity contribution in [3.8, 4) is 0 Å². The summed E-state index contributed by atoms with van der Waals surface area (Å²) in [6, 6.07) is 9.38. The number of aliphatic carboxylic acids is 1. The van der Waals surface area contributed by atoms with Crippen LogP contribution >= 0.6 is 27.3 Å². The Morgan fingerprint density at radius 1 is 1.11 bits per heavy atom. The molecule has 1 N–H and O–H groups in total. The number of halogens is 3. The van der Waals surface area contributed by atoms with Crippen LogP contribution in [0.1, 0.15) is 17.8 Å². The van der Waals surface area contributed by atoms with Crippen LogP contribution in [0.4, 0.5) is 14.5 Å². The Bertz CT molecular complexity index is 1010. The van der Waals surface area contributed by atoms with E-state index in [1.165, 1.54) is 11.0 Å². The molecule has 0 unspecified atom stereocenters. The average Bonchev–Trinajstić information content (AvgIpc) is 3.05. The summed E-state index contributed by atoms with van der Waals surface area (Å²) < 4.78 is 28.6. The highest BCUT2D eigenvalue weighted by Gasteiger charge is 2.20. The summed E-state index contributed by atoms with van der Waals surface area (Å²) in [4.78, 5) is 28.9. The fourth-order valence-corrected chi connectivity index (χ4v) is 3.70. The van der Waals surface area contributed by atoms with E-state index in [2.05, 4.69) is 20.9 Å². The minimum absolute atomic E-state index is 0.0283. The number of carboxylic acids is 1. The molecular formula is C18H13BrF2N2O3S. The first kappa shape index (κ1) is 19.4. The molecule has 5 nitrogen and oxygen atoms in total. The van der Waals surface area contributed by atoms with Gasteiger partial charge in [0, 0.05) is 16.6 Å². The third kappa shape index (κ3) is 4.48. The topological polar surface area (TPSA) is 70.5 Å². The summed E-state index contributed by atoms with van der Waals surface area (Å²) in [7, 11) is 0. The fourth-order valence-electron chi connectivity index (χ4n) is 2.48. The Labute approximate surface area is 165 Å². The van der Waals surface area contributed by atoms with Crippen molar-refractivity contribution in [1.29, 1.82) is 0 Å². The number of hydrogen-bond donors (Lipinski definition) is 1. The Hall–Kier alpha value is -2.39. The maximum Gasteiger partial charge on any atom is 0.303 e. The molecule has 0 bridgehead atoms. The van der Waals surface area contributed by atoms with Crippen LogP contribution in [0.2, 0.25) is 0 Å². The highest BCUT2D eigenvalue weighted by molar-refractivity contribution is 9.10. The van der Waals surface area contributed by atoms with Crippen molar-refractivity contribution in [3.05, 3.63) is 57.5 Å². The third-order valence-electron chi connectivity index (χ3n) is 3.78. The second-order valence-corrected chi connectivity index (χ2v) is 7.70. The molecule has 3 aromatic rings. The summed E-state index contributed by atoms with van der Waals surface area (Å²) in [5, 5.41) is 9.25. The van der Waals surface area contributed by atoms with E-state index in [1.807, 2.05) is 0 Å². The largest absolute Gasteiger partial charge is 0.481 e. The van der Waals surface area contributed by atoms with Gasteiger partial charge in [0.2, 0.25) is 5.91 Å². The molecule has 0 atom stereocenters. The monoisotopic (exact) mass is 454 g/mol. The molecule has 2 aromatic carbocycles. The zero-order chi connectivity index (χ0) is 19.6. The number of rotatable bonds is 6. The molecule has 0 aliphatic heterocycles. The van der Waals surface area contributed by atoms with Gasteiger partial charge < -0.3 is 10.0 Å². The van der Waals surface area contributed by atoms with Crippen molar-refractivity contribution >= 4 is 55.0 Å². The number of carbonyl (C=O) groups excluding carboxylic acids is 1. The number of benzene rings is 2. The molecule has 0 saturated heterocycles. The van der Waals surface area contributed by atoms with Gasteiger partial charge in [-0.2, -0.15) is 0 Å². The molecule has 27 heavy (non-hydrogen) atoms. The van der Waals surface area contributed by atoms with Crippen LogP contribution in [-0.4, -0.2) is 22.0 Å². The lowest BCUT2D eigenvalue weighted by Crippen LogP contribution is -2.30. The Kier molecular flexibility index (Phi) is 5.81. The molecule has 0 fully saturated rings. The van der Waals surface area contributed by atoms with Gasteiger partial charge in [0.15, 0.2) is 11.6 Å². The first-order valence-electron chi connectivity index (χ1n) is 7.86. The molecular weight excluding hydrogens is 442 g/mol. The Morgan fingerprint density at radius 3 is 2.48 bits per heavy atom. The van der Waals surface area contributed by atoms with Gasteiger partial charge in [-0.25, -0.2) is 13.8 Å². The molecule has 0 saturated carbocycles. The van der Waals surface area contributed by atoms with E-state index < -0.39 is 23.5 Å². The SMILES string of the molecule is O=C(O)CCC(=O)N(Cc1nc2c(F)c(F)ccc2s1)c1ccc(Br)cc1. The van der Waals surface area contributed by atoms with E-state index in [0.717, 1.165) is 21.9 Å². The number of anilines is 1. The normalized spacial score (nSPS) is 10.9. The highest BCUT2D eigenvalue weighted by Crippen LogP contribution is 2.28. The van der Waals surface area contributed by atoms with Gasteiger partial charge in [0.25, 0.3) is 0 Å². The standard InChI is InChI=1S/C18H13BrF2N2O3S/c19-10-1-3-11(4-2-10)23(15(24)7-8-16(25)26)9-14-22-18-13(27-14)6-5-12(20)17(18)21/h1-6H,7-9H2,(H,25,26). The van der Waals surface area contributed by atoms with E-state index in [4.69, 9.17) is 5.11 Å². The maximum absolute atomic E-state index is 13.9. The smallest absolute Gasteiger partial charge is 0.303 e. The van der Waals surface area contributed by atoms with Crippen LogP contribution in [-0.2, 0) is 16.1 Å². The van der Waals surface area contributed by atoms with Crippen molar-refractivity contribution < 1.29 is 23.5 Å². The predicted molar refractivity (Wildman–Crippen MR) is 102 cm³/mol. The van der Waals surface area contributed by atoms with E-state index in [1.54, 1.807) is 24.3 Å². The van der Waals surface area contributed by atoms with Gasteiger partial charge in [-0.05, 0) is 36.4 Å². The molecule has 1 heterocycles. The number of carboxylic acid groups (broad SMARTS) is 1. The van der Waals surface area contributed by atoms with Crippen molar-refractivity contribution in [2.45, 2.75) is 19.4 Å². The molecule has 0 radical (unpaired) electrons. The molecule has 3 rings (SSSR count). The van der Waals surface area contributed by atoms with E-state index in [0.29, 0.717) is 15.4 Å². The van der Waals surface area contributed by atoms with Crippen molar-refractivity contribution in [3.63, 3.8) is 0 Å². The summed E-state index contributed by atoms with van der Waals surface area (Å²) >= 11 is 4.47. The lowest BCUT2D eigenvalue weighted by Gasteiger charge is -2.21. The van der Waals surface area contributed by atoms with Gasteiger partial charge in [-0.1, -0.05) is 15.9 Å². The molecule has 0 aliphatic carbocycles. The summed E-state index contributed by atoms with van der Waals surface area (Å²) in [6.07, 6.45) is -0.481. The minimum Gasteiger partial charge on any atom is -0.481 e. The molecule has 1 aromatic heterocycles. The van der Waals surface area contributed by atoms with Crippen LogP contribution in [0.3, 0.4) is 0 Å². The van der Waals surface area contributed by atoms with Crippen LogP contribution in [0.15, 0.2) is 40.9 Å². The third-order valence-corrected chi connectivity index (χ3v) is 5.32. The van der Waals surface area contributed by atoms with Crippen molar-refractivity contribution in [2.24, 2.45) is 0 Å². The highest BCUT2D eigenvalue weighted by atomic mass is 79.9. The number of hydrogen-bond acceptors (Lipinski definition) is 4. The number of nitrogens with zero attached hydrogens (tertiary/aromatic N) is 2. The van der Waals surface area contributed by atoms with Crippen molar-refractivity contribution in [2.75, 3.05) is 4.90 Å². The number of fused-ring (bicyclic) bond motifs is 1. The molecule has 0 aliphatic rings. The first-order chi connectivity index (χ1) is 12.8. The Morgan fingerprint density at radius 2 is 1.81 bits per heavy atom. The predicted octanol–water partition coefficient (Wildman–Crippen LogP) is 4.74.